The first-order valence-corrected chi connectivity index (χ1v) is 13.4. The van der Waals surface area contributed by atoms with Crippen LogP contribution < -0.4 is 11.1 Å². The Morgan fingerprint density at radius 1 is 1.03 bits per heavy atom. The van der Waals surface area contributed by atoms with E-state index in [0.717, 1.165) is 25.9 Å². The second kappa shape index (κ2) is 12.5. The minimum atomic E-state index is -0.608. The molecule has 0 aliphatic carbocycles. The molecule has 12 heteroatoms. The largest absolute Gasteiger partial charge is 0.444 e. The number of amides is 2. The van der Waals surface area contributed by atoms with Gasteiger partial charge in [-0.15, -0.1) is 3.89 Å². The normalized spacial score (nSPS) is 13.9. The van der Waals surface area contributed by atoms with Crippen molar-refractivity contribution in [3.8, 4) is 11.3 Å². The fourth-order valence-electron chi connectivity index (χ4n) is 3.81. The topological polar surface area (TPSA) is 125 Å². The van der Waals surface area contributed by atoms with E-state index in [1.165, 1.54) is 16.6 Å². The van der Waals surface area contributed by atoms with E-state index in [0.29, 0.717) is 33.8 Å². The number of hydrogen-bond acceptors (Lipinski definition) is 8. The summed E-state index contributed by atoms with van der Waals surface area (Å²) in [4.78, 5) is 33.9. The minimum absolute atomic E-state index is 0.0506. The number of nitrogen functional groups attached to an aromatic ring is 1. The number of aromatic nitrogens is 3. The lowest BCUT2D eigenvalue weighted by atomic mass is 10.1. The number of nitrogens with zero attached hydrogens (tertiary/aromatic N) is 4. The van der Waals surface area contributed by atoms with E-state index in [1.807, 2.05) is 20.8 Å². The van der Waals surface area contributed by atoms with Crippen molar-refractivity contribution < 1.29 is 22.9 Å². The van der Waals surface area contributed by atoms with Crippen LogP contribution in [0.15, 0.2) is 36.7 Å². The molecule has 0 radical (unpaired) electrons. The molecule has 4 heterocycles. The Morgan fingerprint density at radius 3 is 2.31 bits per heavy atom. The molecular weight excluding hydrogens is 523 g/mol. The molecule has 4 rings (SSSR count). The monoisotopic (exact) mass is 560 g/mol. The number of carbonyl (C=O) groups excluding carboxylic acids is 2. The SMILES string of the molecule is CC(C)(C)OC(=O)N1CCCCC1.CC(C)(C)OC(=O)Nc1cccc(-c2cnc3c(ccn3SF)c2N)n1. The number of piperidine rings is 1. The van der Waals surface area contributed by atoms with Crippen LogP contribution in [-0.2, 0) is 9.47 Å². The summed E-state index contributed by atoms with van der Waals surface area (Å²) < 4.78 is 24.6. The lowest BCUT2D eigenvalue weighted by Gasteiger charge is -2.29. The van der Waals surface area contributed by atoms with Gasteiger partial charge in [0.2, 0.25) is 0 Å². The van der Waals surface area contributed by atoms with Crippen LogP contribution in [0.2, 0.25) is 0 Å². The number of likely N-dealkylation sites (tertiary alicyclic amines) is 1. The maximum absolute atomic E-state index is 12.9. The average Bonchev–Trinajstić information content (AvgIpc) is 3.27. The van der Waals surface area contributed by atoms with Crippen LogP contribution in [0.1, 0.15) is 60.8 Å². The lowest BCUT2D eigenvalue weighted by Crippen LogP contribution is -2.39. The standard InChI is InChI=1S/C17H18FN5O2S.C10H19NO2/c1-17(2,3)25-16(24)22-13-6-4-5-12(21-13)11-9-20-15-10(14(11)19)7-8-23(15)26-18;1-10(2,3)13-9(12)11-7-5-4-6-8-11/h4-9H,1-3H3,(H2,19,20)(H,21,22,24);4-8H2,1-3H3. The summed E-state index contributed by atoms with van der Waals surface area (Å²) in [5, 5.41) is 3.21. The molecule has 3 aromatic rings. The van der Waals surface area contributed by atoms with Gasteiger partial charge in [-0.2, -0.15) is 0 Å². The molecule has 0 bridgehead atoms. The maximum atomic E-state index is 12.9. The first kappa shape index (κ1) is 30.0. The second-order valence-corrected chi connectivity index (χ2v) is 11.6. The fraction of sp³-hybridized carbons (Fsp3) is 0.481. The molecule has 3 N–H and O–H groups in total. The summed E-state index contributed by atoms with van der Waals surface area (Å²) in [5.41, 5.74) is 7.23. The van der Waals surface area contributed by atoms with Gasteiger partial charge in [-0.05, 0) is 79.0 Å². The van der Waals surface area contributed by atoms with E-state index in [-0.39, 0.29) is 24.0 Å². The summed E-state index contributed by atoms with van der Waals surface area (Å²) in [6.07, 6.45) is 5.78. The minimum Gasteiger partial charge on any atom is -0.444 e. The van der Waals surface area contributed by atoms with Crippen LogP contribution >= 0.6 is 12.3 Å². The summed E-state index contributed by atoms with van der Waals surface area (Å²) in [6.45, 7) is 12.7. The molecule has 212 valence electrons. The Balaban J connectivity index is 0.000000272. The van der Waals surface area contributed by atoms with Crippen molar-refractivity contribution in [3.05, 3.63) is 36.7 Å². The average molecular weight is 561 g/mol. The summed E-state index contributed by atoms with van der Waals surface area (Å²) in [5.74, 6) is 0.327. The quantitative estimate of drug-likeness (QED) is 0.358. The number of rotatable bonds is 3. The van der Waals surface area contributed by atoms with Gasteiger partial charge in [0.05, 0.1) is 11.4 Å². The number of carbonyl (C=O) groups is 2. The van der Waals surface area contributed by atoms with Gasteiger partial charge in [-0.25, -0.2) is 23.5 Å². The molecule has 0 aromatic carbocycles. The van der Waals surface area contributed by atoms with Gasteiger partial charge in [0.15, 0.2) is 18.0 Å². The molecule has 10 nitrogen and oxygen atoms in total. The Morgan fingerprint density at radius 2 is 1.69 bits per heavy atom. The van der Waals surface area contributed by atoms with Crippen LogP contribution in [0.5, 0.6) is 0 Å². The Bertz CT molecular complexity index is 1300. The molecular formula is C27H37FN6O4S. The zero-order valence-corrected chi connectivity index (χ0v) is 24.1. The van der Waals surface area contributed by atoms with Crippen molar-refractivity contribution in [3.63, 3.8) is 0 Å². The summed E-state index contributed by atoms with van der Waals surface area (Å²) in [7, 11) is 0. The lowest BCUT2D eigenvalue weighted by molar-refractivity contribution is 0.0215. The van der Waals surface area contributed by atoms with Crippen LogP contribution in [-0.4, -0.2) is 55.3 Å². The molecule has 0 atom stereocenters. The van der Waals surface area contributed by atoms with Crippen molar-refractivity contribution in [1.82, 2.24) is 18.8 Å². The third-order valence-electron chi connectivity index (χ3n) is 5.46. The predicted octanol–water partition coefficient (Wildman–Crippen LogP) is 6.82. The highest BCUT2D eigenvalue weighted by Crippen LogP contribution is 2.32. The number of nitrogens with two attached hydrogens (primary N) is 1. The first-order chi connectivity index (χ1) is 18.3. The molecule has 1 aliphatic heterocycles. The highest BCUT2D eigenvalue weighted by atomic mass is 32.2. The number of fused-ring (bicyclic) bond motifs is 1. The predicted molar refractivity (Wildman–Crippen MR) is 153 cm³/mol. The highest BCUT2D eigenvalue weighted by molar-refractivity contribution is 7.92. The third kappa shape index (κ3) is 8.74. The number of nitrogens with one attached hydrogen (secondary N) is 1. The molecule has 1 fully saturated rings. The van der Waals surface area contributed by atoms with Gasteiger partial charge in [-0.1, -0.05) is 6.07 Å². The highest BCUT2D eigenvalue weighted by Gasteiger charge is 2.23. The van der Waals surface area contributed by atoms with E-state index < -0.39 is 11.7 Å². The van der Waals surface area contributed by atoms with Crippen molar-refractivity contribution in [2.24, 2.45) is 0 Å². The second-order valence-electron chi connectivity index (χ2n) is 11.1. The Kier molecular flexibility index (Phi) is 9.65. The van der Waals surface area contributed by atoms with E-state index in [9.17, 15) is 13.5 Å². The molecule has 0 spiro atoms. The van der Waals surface area contributed by atoms with E-state index in [1.54, 1.807) is 56.1 Å². The molecule has 3 aromatic heterocycles. The van der Waals surface area contributed by atoms with Crippen LogP contribution in [0.4, 0.5) is 25.0 Å². The molecule has 0 unspecified atom stereocenters. The van der Waals surface area contributed by atoms with Crippen molar-refractivity contribution in [2.45, 2.75) is 72.0 Å². The number of ether oxygens (including phenoxy) is 2. The number of hydrogen-bond donors (Lipinski definition) is 2. The third-order valence-corrected chi connectivity index (χ3v) is 5.90. The Labute approximate surface area is 232 Å². The van der Waals surface area contributed by atoms with Crippen LogP contribution in [0.3, 0.4) is 0 Å². The molecule has 39 heavy (non-hydrogen) atoms. The summed E-state index contributed by atoms with van der Waals surface area (Å²) in [6, 6.07) is 6.82. The number of pyridine rings is 2. The van der Waals surface area contributed by atoms with Crippen LogP contribution in [0, 0.1) is 0 Å². The van der Waals surface area contributed by atoms with Gasteiger partial charge in [0.1, 0.15) is 17.0 Å². The number of halogens is 1. The van der Waals surface area contributed by atoms with Gasteiger partial charge < -0.3 is 20.1 Å². The van der Waals surface area contributed by atoms with Gasteiger partial charge >= 0.3 is 12.2 Å². The maximum Gasteiger partial charge on any atom is 0.413 e. The van der Waals surface area contributed by atoms with Gasteiger partial charge in [0.25, 0.3) is 0 Å². The zero-order chi connectivity index (χ0) is 28.8. The van der Waals surface area contributed by atoms with Gasteiger partial charge in [0, 0.05) is 36.4 Å². The molecule has 1 saturated heterocycles. The van der Waals surface area contributed by atoms with Crippen molar-refractivity contribution >= 4 is 47.1 Å². The smallest absolute Gasteiger partial charge is 0.413 e. The van der Waals surface area contributed by atoms with Crippen molar-refractivity contribution in [1.29, 1.82) is 0 Å². The first-order valence-electron chi connectivity index (χ1n) is 12.8. The molecule has 0 saturated carbocycles. The fourth-order valence-corrected chi connectivity index (χ4v) is 4.13. The van der Waals surface area contributed by atoms with E-state index in [2.05, 4.69) is 15.3 Å². The van der Waals surface area contributed by atoms with Gasteiger partial charge in [-0.3, -0.25) is 5.32 Å². The molecule has 1 aliphatic rings. The Hall–Kier alpha value is -3.54. The summed E-state index contributed by atoms with van der Waals surface area (Å²) >= 11 is 0.0506. The van der Waals surface area contributed by atoms with Crippen molar-refractivity contribution in [2.75, 3.05) is 24.1 Å². The molecule has 2 amide bonds. The van der Waals surface area contributed by atoms with Crippen LogP contribution in [0.25, 0.3) is 22.3 Å². The van der Waals surface area contributed by atoms with E-state index >= 15 is 0 Å². The zero-order valence-electron chi connectivity index (χ0n) is 23.3. The number of anilines is 2. The van der Waals surface area contributed by atoms with E-state index in [4.69, 9.17) is 15.2 Å².